The lowest BCUT2D eigenvalue weighted by atomic mass is 9.82. The fourth-order valence-corrected chi connectivity index (χ4v) is 6.96. The van der Waals surface area contributed by atoms with Gasteiger partial charge in [0.05, 0.1) is 35.1 Å². The fourth-order valence-electron chi connectivity index (χ4n) is 6.16. The molecular formula is C28H38IN3O4. The summed E-state index contributed by atoms with van der Waals surface area (Å²) in [6.07, 6.45) is 11.7. The molecule has 0 spiro atoms. The highest BCUT2D eigenvalue weighted by atomic mass is 127. The van der Waals surface area contributed by atoms with Gasteiger partial charge in [-0.15, -0.1) is 0 Å². The molecule has 3 aliphatic rings. The third kappa shape index (κ3) is 5.91. The number of aromatic nitrogens is 2. The van der Waals surface area contributed by atoms with Crippen LogP contribution in [0.1, 0.15) is 87.1 Å². The zero-order valence-corrected chi connectivity index (χ0v) is 23.3. The summed E-state index contributed by atoms with van der Waals surface area (Å²) >= 11 is 2.39. The zero-order valence-electron chi connectivity index (χ0n) is 21.2. The number of methoxy groups -OCH3 is 1. The quantitative estimate of drug-likeness (QED) is 0.364. The fraction of sp³-hybridized carbons (Fsp3) is 0.643. The number of ether oxygens (including phenoxy) is 3. The Bertz CT molecular complexity index is 986. The van der Waals surface area contributed by atoms with E-state index in [1.807, 2.05) is 9.58 Å². The van der Waals surface area contributed by atoms with Crippen LogP contribution in [0.2, 0.25) is 0 Å². The first-order valence-corrected chi connectivity index (χ1v) is 14.6. The molecule has 3 atom stereocenters. The molecule has 3 fully saturated rings. The standard InChI is InChI=1S/C28H38IN3O4/c1-34-28(33)31-16-7-10-23(27-24(29)18-32(30-27)26-11-5-6-17-35-26)25(31)19-36-22-14-12-21(13-15-22)20-8-3-2-4-9-20/h2-4,8-9,18,21-23,25-26H,5-7,10-17,19H2,1H3/t21?,22?,23-,25-,26?/m0/s1. The number of nitrogens with zero attached hydrogens (tertiary/aromatic N) is 3. The predicted octanol–water partition coefficient (Wildman–Crippen LogP) is 6.24. The average molecular weight is 608 g/mol. The van der Waals surface area contributed by atoms with Crippen molar-refractivity contribution < 1.29 is 19.0 Å². The van der Waals surface area contributed by atoms with Crippen molar-refractivity contribution >= 4 is 28.7 Å². The molecule has 196 valence electrons. The SMILES string of the molecule is COC(=O)N1CCC[C@H](c2nn(C3CCCCO3)cc2I)[C@@H]1COC1CCC(c2ccccc2)CC1. The van der Waals surface area contributed by atoms with Crippen molar-refractivity contribution in [3.63, 3.8) is 0 Å². The van der Waals surface area contributed by atoms with Gasteiger partial charge in [0.1, 0.15) is 6.23 Å². The van der Waals surface area contributed by atoms with Gasteiger partial charge in [0.25, 0.3) is 0 Å². The second kappa shape index (κ2) is 12.3. The van der Waals surface area contributed by atoms with Crippen molar-refractivity contribution in [1.82, 2.24) is 14.7 Å². The van der Waals surface area contributed by atoms with Gasteiger partial charge in [-0.25, -0.2) is 9.48 Å². The molecule has 2 aromatic rings. The van der Waals surface area contributed by atoms with Gasteiger partial charge in [-0.1, -0.05) is 30.3 Å². The van der Waals surface area contributed by atoms with Crippen LogP contribution in [0.4, 0.5) is 4.79 Å². The van der Waals surface area contributed by atoms with E-state index in [9.17, 15) is 4.79 Å². The normalized spacial score (nSPS) is 29.2. The first-order valence-electron chi connectivity index (χ1n) is 13.5. The summed E-state index contributed by atoms with van der Waals surface area (Å²) in [5, 5.41) is 5.02. The number of amides is 1. The minimum atomic E-state index is -0.272. The number of hydrogen-bond donors (Lipinski definition) is 0. The Morgan fingerprint density at radius 1 is 1.08 bits per heavy atom. The Balaban J connectivity index is 1.27. The lowest BCUT2D eigenvalue weighted by molar-refractivity contribution is -0.0405. The van der Waals surface area contributed by atoms with Crippen molar-refractivity contribution in [2.75, 3.05) is 26.9 Å². The Morgan fingerprint density at radius 3 is 2.61 bits per heavy atom. The van der Waals surface area contributed by atoms with E-state index in [1.54, 1.807) is 0 Å². The highest BCUT2D eigenvalue weighted by Gasteiger charge is 2.39. The number of halogens is 1. The Morgan fingerprint density at radius 2 is 1.89 bits per heavy atom. The summed E-state index contributed by atoms with van der Waals surface area (Å²) < 4.78 is 20.8. The molecule has 1 aliphatic carbocycles. The highest BCUT2D eigenvalue weighted by molar-refractivity contribution is 14.1. The number of benzene rings is 1. The molecule has 5 rings (SSSR count). The smallest absolute Gasteiger partial charge is 0.409 e. The first kappa shape index (κ1) is 26.0. The van der Waals surface area contributed by atoms with Gasteiger partial charge in [-0.05, 0) is 91.9 Å². The maximum atomic E-state index is 12.7. The summed E-state index contributed by atoms with van der Waals surface area (Å²) in [4.78, 5) is 14.6. The van der Waals surface area contributed by atoms with Crippen molar-refractivity contribution in [3.05, 3.63) is 51.4 Å². The Kier molecular flexibility index (Phi) is 8.85. The summed E-state index contributed by atoms with van der Waals surface area (Å²) in [6, 6.07) is 10.7. The second-order valence-electron chi connectivity index (χ2n) is 10.4. The van der Waals surface area contributed by atoms with E-state index in [1.165, 1.54) is 19.1 Å². The topological polar surface area (TPSA) is 65.8 Å². The number of hydrogen-bond acceptors (Lipinski definition) is 5. The summed E-state index contributed by atoms with van der Waals surface area (Å²) in [6.45, 7) is 2.00. The summed E-state index contributed by atoms with van der Waals surface area (Å²) in [5.41, 5.74) is 2.49. The van der Waals surface area contributed by atoms with Crippen LogP contribution in [0.3, 0.4) is 0 Å². The molecule has 1 amide bonds. The minimum absolute atomic E-state index is 0.0100. The largest absolute Gasteiger partial charge is 0.453 e. The highest BCUT2D eigenvalue weighted by Crippen LogP contribution is 2.38. The zero-order chi connectivity index (χ0) is 24.9. The van der Waals surface area contributed by atoms with E-state index in [4.69, 9.17) is 19.3 Å². The molecule has 1 aromatic heterocycles. The van der Waals surface area contributed by atoms with E-state index < -0.39 is 0 Å². The predicted molar refractivity (Wildman–Crippen MR) is 146 cm³/mol. The molecule has 2 saturated heterocycles. The van der Waals surface area contributed by atoms with Gasteiger partial charge in [0.15, 0.2) is 0 Å². The Labute approximate surface area is 228 Å². The number of likely N-dealkylation sites (tertiary alicyclic amines) is 1. The first-order chi connectivity index (χ1) is 17.6. The Hall–Kier alpha value is -1.65. The van der Waals surface area contributed by atoms with Crippen LogP contribution in [-0.2, 0) is 14.2 Å². The van der Waals surface area contributed by atoms with Crippen LogP contribution in [-0.4, -0.2) is 59.8 Å². The van der Waals surface area contributed by atoms with Crippen LogP contribution in [0.15, 0.2) is 36.5 Å². The maximum absolute atomic E-state index is 12.7. The van der Waals surface area contributed by atoms with Gasteiger partial charge in [0, 0.05) is 25.3 Å². The molecule has 2 aliphatic heterocycles. The minimum Gasteiger partial charge on any atom is -0.453 e. The molecule has 36 heavy (non-hydrogen) atoms. The molecule has 0 N–H and O–H groups in total. The van der Waals surface area contributed by atoms with Crippen LogP contribution in [0.25, 0.3) is 0 Å². The number of carbonyl (C=O) groups is 1. The number of rotatable bonds is 6. The lowest BCUT2D eigenvalue weighted by Gasteiger charge is -2.41. The van der Waals surface area contributed by atoms with Crippen LogP contribution in [0, 0.1) is 3.57 Å². The van der Waals surface area contributed by atoms with Crippen molar-refractivity contribution in [1.29, 1.82) is 0 Å². The molecule has 0 radical (unpaired) electrons. The van der Waals surface area contributed by atoms with Crippen molar-refractivity contribution in [3.8, 4) is 0 Å². The van der Waals surface area contributed by atoms with Gasteiger partial charge in [-0.2, -0.15) is 5.10 Å². The third-order valence-electron chi connectivity index (χ3n) is 8.15. The van der Waals surface area contributed by atoms with Gasteiger partial charge in [-0.3, -0.25) is 0 Å². The molecule has 8 heteroatoms. The number of carbonyl (C=O) groups excluding carboxylic acids is 1. The van der Waals surface area contributed by atoms with Crippen LogP contribution < -0.4 is 0 Å². The van der Waals surface area contributed by atoms with E-state index in [0.29, 0.717) is 19.1 Å². The molecule has 7 nitrogen and oxygen atoms in total. The van der Waals surface area contributed by atoms with Crippen molar-refractivity contribution in [2.45, 2.75) is 88.0 Å². The average Bonchev–Trinajstić information content (AvgIpc) is 3.33. The molecule has 1 aromatic carbocycles. The third-order valence-corrected chi connectivity index (χ3v) is 8.98. The van der Waals surface area contributed by atoms with Gasteiger partial charge in [0.2, 0.25) is 0 Å². The monoisotopic (exact) mass is 607 g/mol. The maximum Gasteiger partial charge on any atom is 0.409 e. The van der Waals surface area contributed by atoms with E-state index in [2.05, 4.69) is 59.1 Å². The van der Waals surface area contributed by atoms with E-state index >= 15 is 0 Å². The number of piperidine rings is 1. The lowest BCUT2D eigenvalue weighted by Crippen LogP contribution is -2.50. The molecule has 0 bridgehead atoms. The second-order valence-corrected chi connectivity index (χ2v) is 11.5. The van der Waals surface area contributed by atoms with Gasteiger partial charge >= 0.3 is 6.09 Å². The molecule has 3 heterocycles. The summed E-state index contributed by atoms with van der Waals surface area (Å²) in [7, 11) is 1.47. The van der Waals surface area contributed by atoms with Gasteiger partial charge < -0.3 is 19.1 Å². The van der Waals surface area contributed by atoms with Crippen LogP contribution >= 0.6 is 22.6 Å². The van der Waals surface area contributed by atoms with Crippen LogP contribution in [0.5, 0.6) is 0 Å². The van der Waals surface area contributed by atoms with E-state index in [0.717, 1.165) is 67.2 Å². The van der Waals surface area contributed by atoms with E-state index in [-0.39, 0.29) is 30.4 Å². The molecular weight excluding hydrogens is 569 g/mol. The molecule has 1 saturated carbocycles. The molecule has 1 unspecified atom stereocenters. The van der Waals surface area contributed by atoms with Crippen molar-refractivity contribution in [2.24, 2.45) is 0 Å². The summed E-state index contributed by atoms with van der Waals surface area (Å²) in [5.74, 6) is 0.739.